The number of anilines is 1. The molecule has 1 N–H and O–H groups in total. The predicted molar refractivity (Wildman–Crippen MR) is 141 cm³/mol. The first-order valence-electron chi connectivity index (χ1n) is 11.8. The van der Waals surface area contributed by atoms with Crippen molar-refractivity contribution in [3.8, 4) is 11.5 Å². The molecule has 0 spiro atoms. The standard InChI is InChI=1S/C26H37N3O6S/c1-7-22(26(31)27-19(2)3)28(16-15-20-11-9-8-10-12-20)25(30)18-29(36(6,32)33)23-14-13-21(34-4)17-24(23)35-5/h8-14,17,19,22H,7,15-16,18H2,1-6H3,(H,27,31)/t22-/m0/s1. The summed E-state index contributed by atoms with van der Waals surface area (Å²) in [7, 11) is -0.970. The minimum Gasteiger partial charge on any atom is -0.497 e. The molecule has 0 aliphatic rings. The first-order chi connectivity index (χ1) is 17.0. The van der Waals surface area contributed by atoms with E-state index >= 15 is 0 Å². The normalized spacial score (nSPS) is 12.1. The minimum absolute atomic E-state index is 0.103. The first-order valence-corrected chi connectivity index (χ1v) is 13.7. The van der Waals surface area contributed by atoms with Gasteiger partial charge in [0.05, 0.1) is 26.2 Å². The van der Waals surface area contributed by atoms with E-state index in [9.17, 15) is 18.0 Å². The third kappa shape index (κ3) is 7.87. The highest BCUT2D eigenvalue weighted by Gasteiger charge is 2.32. The van der Waals surface area contributed by atoms with Gasteiger partial charge in [0.1, 0.15) is 24.1 Å². The van der Waals surface area contributed by atoms with Crippen molar-refractivity contribution in [2.75, 3.05) is 37.9 Å². The van der Waals surface area contributed by atoms with Crippen LogP contribution in [0.3, 0.4) is 0 Å². The van der Waals surface area contributed by atoms with Crippen LogP contribution in [-0.2, 0) is 26.0 Å². The van der Waals surface area contributed by atoms with Crippen LogP contribution in [-0.4, -0.2) is 70.8 Å². The molecule has 0 saturated carbocycles. The fraction of sp³-hybridized carbons (Fsp3) is 0.462. The van der Waals surface area contributed by atoms with E-state index in [0.29, 0.717) is 18.6 Å². The Morgan fingerprint density at radius 2 is 1.69 bits per heavy atom. The summed E-state index contributed by atoms with van der Waals surface area (Å²) in [5.41, 5.74) is 1.21. The van der Waals surface area contributed by atoms with E-state index in [0.717, 1.165) is 16.1 Å². The fourth-order valence-corrected chi connectivity index (χ4v) is 4.72. The molecule has 2 amide bonds. The highest BCUT2D eigenvalue weighted by molar-refractivity contribution is 7.92. The van der Waals surface area contributed by atoms with Gasteiger partial charge >= 0.3 is 0 Å². The van der Waals surface area contributed by atoms with E-state index < -0.39 is 28.5 Å². The molecule has 1 atom stereocenters. The Kier molecular flexibility index (Phi) is 10.6. The number of carbonyl (C=O) groups excluding carboxylic acids is 2. The number of hydrogen-bond acceptors (Lipinski definition) is 6. The maximum Gasteiger partial charge on any atom is 0.244 e. The lowest BCUT2D eigenvalue weighted by Gasteiger charge is -2.33. The van der Waals surface area contributed by atoms with Gasteiger partial charge in [-0.1, -0.05) is 37.3 Å². The summed E-state index contributed by atoms with van der Waals surface area (Å²) >= 11 is 0. The Labute approximate surface area is 214 Å². The van der Waals surface area contributed by atoms with E-state index in [1.165, 1.54) is 25.2 Å². The molecule has 2 aromatic rings. The Balaban J connectivity index is 2.43. The molecule has 0 aliphatic carbocycles. The van der Waals surface area contributed by atoms with Gasteiger partial charge in [-0.3, -0.25) is 13.9 Å². The van der Waals surface area contributed by atoms with Crippen molar-refractivity contribution >= 4 is 27.5 Å². The van der Waals surface area contributed by atoms with Crippen LogP contribution in [0.4, 0.5) is 5.69 Å². The Morgan fingerprint density at radius 1 is 1.03 bits per heavy atom. The largest absolute Gasteiger partial charge is 0.497 e. The van der Waals surface area contributed by atoms with Crippen LogP contribution < -0.4 is 19.1 Å². The van der Waals surface area contributed by atoms with Crippen molar-refractivity contribution < 1.29 is 27.5 Å². The summed E-state index contributed by atoms with van der Waals surface area (Å²) in [5.74, 6) is -0.0360. The summed E-state index contributed by atoms with van der Waals surface area (Å²) in [6.45, 7) is 5.30. The van der Waals surface area contributed by atoms with Gasteiger partial charge in [-0.05, 0) is 44.4 Å². The Bertz CT molecular complexity index is 1120. The number of methoxy groups -OCH3 is 2. The zero-order valence-corrected chi connectivity index (χ0v) is 22.7. The van der Waals surface area contributed by atoms with Gasteiger partial charge < -0.3 is 19.7 Å². The van der Waals surface area contributed by atoms with Gasteiger partial charge in [-0.25, -0.2) is 8.42 Å². The van der Waals surface area contributed by atoms with Crippen LogP contribution in [0.1, 0.15) is 32.8 Å². The smallest absolute Gasteiger partial charge is 0.244 e. The molecule has 0 aromatic heterocycles. The molecule has 0 fully saturated rings. The summed E-state index contributed by atoms with van der Waals surface area (Å²) < 4.78 is 37.2. The molecule has 10 heteroatoms. The Morgan fingerprint density at radius 3 is 2.22 bits per heavy atom. The van der Waals surface area contributed by atoms with Crippen LogP contribution >= 0.6 is 0 Å². The zero-order valence-electron chi connectivity index (χ0n) is 21.9. The third-order valence-corrected chi connectivity index (χ3v) is 6.76. The fourth-order valence-electron chi connectivity index (χ4n) is 3.86. The summed E-state index contributed by atoms with van der Waals surface area (Å²) in [6.07, 6.45) is 1.92. The number of sulfonamides is 1. The van der Waals surface area contributed by atoms with Crippen molar-refractivity contribution in [1.82, 2.24) is 10.2 Å². The van der Waals surface area contributed by atoms with Gasteiger partial charge in [0.2, 0.25) is 21.8 Å². The van der Waals surface area contributed by atoms with Crippen molar-refractivity contribution in [3.05, 3.63) is 54.1 Å². The van der Waals surface area contributed by atoms with Gasteiger partial charge in [-0.15, -0.1) is 0 Å². The number of carbonyl (C=O) groups is 2. The van der Waals surface area contributed by atoms with E-state index in [2.05, 4.69) is 5.32 Å². The van der Waals surface area contributed by atoms with Crippen molar-refractivity contribution in [2.24, 2.45) is 0 Å². The average Bonchev–Trinajstić information content (AvgIpc) is 2.84. The minimum atomic E-state index is -3.87. The van der Waals surface area contributed by atoms with Crippen LogP contribution in [0.25, 0.3) is 0 Å². The Hall–Kier alpha value is -3.27. The molecule has 2 rings (SSSR count). The topological polar surface area (TPSA) is 105 Å². The van der Waals surface area contributed by atoms with Crippen LogP contribution in [0.15, 0.2) is 48.5 Å². The quantitative estimate of drug-likeness (QED) is 0.436. The molecule has 9 nitrogen and oxygen atoms in total. The summed E-state index contributed by atoms with van der Waals surface area (Å²) in [4.78, 5) is 28.1. The molecule has 0 aliphatic heterocycles. The summed E-state index contributed by atoms with van der Waals surface area (Å²) in [6, 6.07) is 13.4. The van der Waals surface area contributed by atoms with Crippen LogP contribution in [0, 0.1) is 0 Å². The number of hydrogen-bond donors (Lipinski definition) is 1. The lowest BCUT2D eigenvalue weighted by Crippen LogP contribution is -2.54. The highest BCUT2D eigenvalue weighted by Crippen LogP contribution is 2.33. The zero-order chi connectivity index (χ0) is 26.9. The monoisotopic (exact) mass is 519 g/mol. The van der Waals surface area contributed by atoms with Crippen LogP contribution in [0.5, 0.6) is 11.5 Å². The number of benzene rings is 2. The van der Waals surface area contributed by atoms with E-state index in [1.54, 1.807) is 12.1 Å². The SMILES string of the molecule is CC[C@@H](C(=O)NC(C)C)N(CCc1ccccc1)C(=O)CN(c1ccc(OC)cc1OC)S(C)(=O)=O. The van der Waals surface area contributed by atoms with Gasteiger partial charge in [-0.2, -0.15) is 0 Å². The molecule has 0 saturated heterocycles. The molecular weight excluding hydrogens is 482 g/mol. The van der Waals surface area contributed by atoms with Gasteiger partial charge in [0.25, 0.3) is 0 Å². The third-order valence-electron chi connectivity index (χ3n) is 5.64. The number of nitrogens with zero attached hydrogens (tertiary/aromatic N) is 2. The lowest BCUT2D eigenvalue weighted by atomic mass is 10.1. The molecule has 0 unspecified atom stereocenters. The number of amides is 2. The average molecular weight is 520 g/mol. The maximum absolute atomic E-state index is 13.7. The van der Waals surface area contributed by atoms with Crippen molar-refractivity contribution in [3.63, 3.8) is 0 Å². The van der Waals surface area contributed by atoms with E-state index in [4.69, 9.17) is 9.47 Å². The highest BCUT2D eigenvalue weighted by atomic mass is 32.2. The molecule has 36 heavy (non-hydrogen) atoms. The first kappa shape index (κ1) is 29.0. The molecule has 0 heterocycles. The van der Waals surface area contributed by atoms with Crippen LogP contribution in [0.2, 0.25) is 0 Å². The summed E-state index contributed by atoms with van der Waals surface area (Å²) in [5, 5.41) is 2.87. The second kappa shape index (κ2) is 13.2. The van der Waals surface area contributed by atoms with E-state index in [-0.39, 0.29) is 29.9 Å². The molecule has 0 bridgehead atoms. The molecular formula is C26H37N3O6S. The van der Waals surface area contributed by atoms with Crippen molar-refractivity contribution in [1.29, 1.82) is 0 Å². The number of rotatable bonds is 13. The van der Waals surface area contributed by atoms with Crippen molar-refractivity contribution in [2.45, 2.75) is 45.7 Å². The van der Waals surface area contributed by atoms with Gasteiger partial charge in [0, 0.05) is 18.7 Å². The molecule has 0 radical (unpaired) electrons. The predicted octanol–water partition coefficient (Wildman–Crippen LogP) is 2.84. The van der Waals surface area contributed by atoms with Gasteiger partial charge in [0.15, 0.2) is 0 Å². The number of ether oxygens (including phenoxy) is 2. The van der Waals surface area contributed by atoms with E-state index in [1.807, 2.05) is 51.1 Å². The second-order valence-corrected chi connectivity index (χ2v) is 10.6. The number of nitrogens with one attached hydrogen (secondary N) is 1. The second-order valence-electron chi connectivity index (χ2n) is 8.72. The molecule has 2 aromatic carbocycles. The maximum atomic E-state index is 13.7. The lowest BCUT2D eigenvalue weighted by molar-refractivity contribution is -0.139. The molecule has 198 valence electrons.